The summed E-state index contributed by atoms with van der Waals surface area (Å²) in [6, 6.07) is 10.2. The first-order chi connectivity index (χ1) is 16.8. The van der Waals surface area contributed by atoms with E-state index in [0.717, 1.165) is 58.5 Å². The number of hydrogen-bond acceptors (Lipinski definition) is 5. The van der Waals surface area contributed by atoms with E-state index >= 15 is 0 Å². The Morgan fingerprint density at radius 1 is 1.14 bits per heavy atom. The SMILES string of the molecule is Cc1cc(=O)n(C(C)C(=O)Nc2sc3c(c2C(N)=O)CCCC3)c2c1c(C)nn2-c1ccccc1. The molecule has 0 saturated carbocycles. The van der Waals surface area contributed by atoms with Crippen LogP contribution < -0.4 is 16.6 Å². The van der Waals surface area contributed by atoms with Crippen LogP contribution in [0.5, 0.6) is 0 Å². The second-order valence-electron chi connectivity index (χ2n) is 9.01. The molecule has 9 heteroatoms. The van der Waals surface area contributed by atoms with Gasteiger partial charge in [0.1, 0.15) is 16.7 Å². The minimum atomic E-state index is -0.857. The minimum absolute atomic E-state index is 0.296. The Morgan fingerprint density at radius 3 is 2.57 bits per heavy atom. The molecule has 1 aromatic carbocycles. The highest BCUT2D eigenvalue weighted by Gasteiger charge is 2.28. The number of thiophene rings is 1. The largest absolute Gasteiger partial charge is 0.365 e. The Bertz CT molecular complexity index is 1530. The van der Waals surface area contributed by atoms with Crippen molar-refractivity contribution in [1.29, 1.82) is 0 Å². The van der Waals surface area contributed by atoms with E-state index in [9.17, 15) is 14.4 Å². The number of para-hydroxylation sites is 1. The molecule has 180 valence electrons. The molecule has 4 aromatic rings. The smallest absolute Gasteiger partial charge is 0.253 e. The standard InChI is InChI=1S/C26H27N5O3S/c1-14-13-20(32)30(26-21(14)15(2)29-31(26)17-9-5-4-6-10-17)16(3)24(34)28-25-22(23(27)33)18-11-7-8-12-19(18)35-25/h4-6,9-10,13,16H,7-8,11-12H2,1-3H3,(H2,27,33)(H,28,34). The number of carbonyl (C=O) groups is 2. The van der Waals surface area contributed by atoms with Gasteiger partial charge in [-0.1, -0.05) is 18.2 Å². The summed E-state index contributed by atoms with van der Waals surface area (Å²) in [6.45, 7) is 5.45. The van der Waals surface area contributed by atoms with Crippen LogP contribution in [-0.4, -0.2) is 26.2 Å². The molecule has 0 aliphatic heterocycles. The number of nitrogens with zero attached hydrogens (tertiary/aromatic N) is 3. The zero-order chi connectivity index (χ0) is 24.9. The third-order valence-electron chi connectivity index (χ3n) is 6.66. The molecule has 1 aliphatic carbocycles. The summed E-state index contributed by atoms with van der Waals surface area (Å²) in [5.74, 6) is -0.933. The van der Waals surface area contributed by atoms with Crippen molar-refractivity contribution in [1.82, 2.24) is 14.3 Å². The van der Waals surface area contributed by atoms with E-state index < -0.39 is 17.9 Å². The molecule has 0 fully saturated rings. The third-order valence-corrected chi connectivity index (χ3v) is 7.87. The molecule has 2 amide bonds. The van der Waals surface area contributed by atoms with E-state index in [1.165, 1.54) is 22.0 Å². The second-order valence-corrected chi connectivity index (χ2v) is 10.1. The van der Waals surface area contributed by atoms with E-state index in [4.69, 9.17) is 10.8 Å². The van der Waals surface area contributed by atoms with Crippen LogP contribution in [0.3, 0.4) is 0 Å². The highest BCUT2D eigenvalue weighted by atomic mass is 32.1. The Hall–Kier alpha value is -3.72. The first-order valence-electron chi connectivity index (χ1n) is 11.7. The first kappa shape index (κ1) is 23.0. The van der Waals surface area contributed by atoms with E-state index in [-0.39, 0.29) is 5.56 Å². The zero-order valence-corrected chi connectivity index (χ0v) is 20.7. The molecule has 3 heterocycles. The molecule has 3 N–H and O–H groups in total. The van der Waals surface area contributed by atoms with Gasteiger partial charge in [-0.2, -0.15) is 5.10 Å². The quantitative estimate of drug-likeness (QED) is 0.440. The highest BCUT2D eigenvalue weighted by molar-refractivity contribution is 7.17. The summed E-state index contributed by atoms with van der Waals surface area (Å²) in [6.07, 6.45) is 3.70. The van der Waals surface area contributed by atoms with Gasteiger partial charge in [-0.25, -0.2) is 4.68 Å². The number of benzene rings is 1. The zero-order valence-electron chi connectivity index (χ0n) is 19.9. The number of pyridine rings is 1. The molecule has 1 aliphatic rings. The molecule has 0 bridgehead atoms. The molecule has 1 unspecified atom stereocenters. The van der Waals surface area contributed by atoms with Crippen molar-refractivity contribution in [3.8, 4) is 5.69 Å². The number of nitrogens with one attached hydrogen (secondary N) is 1. The average Bonchev–Trinajstić information content (AvgIpc) is 3.37. The maximum absolute atomic E-state index is 13.5. The third kappa shape index (κ3) is 3.85. The van der Waals surface area contributed by atoms with Gasteiger partial charge in [0.05, 0.1) is 16.9 Å². The topological polar surface area (TPSA) is 112 Å². The van der Waals surface area contributed by atoms with E-state index in [1.54, 1.807) is 11.6 Å². The summed E-state index contributed by atoms with van der Waals surface area (Å²) in [7, 11) is 0. The molecule has 0 spiro atoms. The van der Waals surface area contributed by atoms with Crippen LogP contribution in [0.25, 0.3) is 16.7 Å². The van der Waals surface area contributed by atoms with Gasteiger partial charge < -0.3 is 11.1 Å². The lowest BCUT2D eigenvalue weighted by molar-refractivity contribution is -0.118. The second kappa shape index (κ2) is 8.81. The van der Waals surface area contributed by atoms with Crippen molar-refractivity contribution >= 4 is 39.2 Å². The number of aryl methyl sites for hydroxylation is 3. The molecular formula is C26H27N5O3S. The first-order valence-corrected chi connectivity index (χ1v) is 12.5. The molecule has 0 saturated heterocycles. The number of hydrogen-bond donors (Lipinski definition) is 2. The van der Waals surface area contributed by atoms with Crippen molar-refractivity contribution in [2.45, 2.75) is 52.5 Å². The van der Waals surface area contributed by atoms with Crippen LogP contribution in [0.15, 0.2) is 41.2 Å². The number of primary amides is 1. The number of rotatable bonds is 5. The Balaban J connectivity index is 1.61. The Morgan fingerprint density at radius 2 is 1.86 bits per heavy atom. The van der Waals surface area contributed by atoms with Crippen molar-refractivity contribution in [3.05, 3.63) is 74.0 Å². The van der Waals surface area contributed by atoms with Crippen LogP contribution in [0.4, 0.5) is 5.00 Å². The number of carbonyl (C=O) groups excluding carboxylic acids is 2. The number of amides is 2. The maximum atomic E-state index is 13.5. The van der Waals surface area contributed by atoms with Crippen molar-refractivity contribution in [2.24, 2.45) is 5.73 Å². The molecule has 1 atom stereocenters. The lowest BCUT2D eigenvalue weighted by Crippen LogP contribution is -2.33. The molecular weight excluding hydrogens is 462 g/mol. The van der Waals surface area contributed by atoms with Gasteiger partial charge in [0.25, 0.3) is 11.5 Å². The lowest BCUT2D eigenvalue weighted by Gasteiger charge is -2.18. The lowest BCUT2D eigenvalue weighted by atomic mass is 9.95. The molecule has 3 aromatic heterocycles. The number of aromatic nitrogens is 3. The van der Waals surface area contributed by atoms with Crippen LogP contribution in [0.2, 0.25) is 0 Å². The fourth-order valence-corrected chi connectivity index (χ4v) is 6.30. The molecule has 8 nitrogen and oxygen atoms in total. The average molecular weight is 490 g/mol. The number of fused-ring (bicyclic) bond motifs is 2. The van der Waals surface area contributed by atoms with Gasteiger partial charge in [-0.3, -0.25) is 19.0 Å². The van der Waals surface area contributed by atoms with Crippen LogP contribution in [0.1, 0.15) is 57.9 Å². The fraction of sp³-hybridized carbons (Fsp3) is 0.308. The van der Waals surface area contributed by atoms with Crippen molar-refractivity contribution in [3.63, 3.8) is 0 Å². The summed E-state index contributed by atoms with van der Waals surface area (Å²) in [4.78, 5) is 40.1. The monoisotopic (exact) mass is 489 g/mol. The van der Waals surface area contributed by atoms with Crippen molar-refractivity contribution < 1.29 is 9.59 Å². The van der Waals surface area contributed by atoms with Gasteiger partial charge in [0, 0.05) is 16.3 Å². The van der Waals surface area contributed by atoms with Gasteiger partial charge in [0.2, 0.25) is 5.91 Å². The predicted molar refractivity (Wildman–Crippen MR) is 138 cm³/mol. The minimum Gasteiger partial charge on any atom is -0.365 e. The van der Waals surface area contributed by atoms with Crippen LogP contribution in [-0.2, 0) is 17.6 Å². The number of nitrogens with two attached hydrogens (primary N) is 1. The van der Waals surface area contributed by atoms with Gasteiger partial charge >= 0.3 is 0 Å². The summed E-state index contributed by atoms with van der Waals surface area (Å²) in [5, 5.41) is 8.90. The van der Waals surface area contributed by atoms with Crippen molar-refractivity contribution in [2.75, 3.05) is 5.32 Å². The Labute approximate surface area is 206 Å². The van der Waals surface area contributed by atoms with E-state index in [2.05, 4.69) is 5.32 Å². The molecule has 35 heavy (non-hydrogen) atoms. The molecule has 0 radical (unpaired) electrons. The van der Waals surface area contributed by atoms with Crippen LogP contribution >= 0.6 is 11.3 Å². The highest BCUT2D eigenvalue weighted by Crippen LogP contribution is 2.38. The summed E-state index contributed by atoms with van der Waals surface area (Å²) < 4.78 is 3.18. The van der Waals surface area contributed by atoms with Gasteiger partial charge in [-0.05, 0) is 69.7 Å². The summed E-state index contributed by atoms with van der Waals surface area (Å²) >= 11 is 1.41. The summed E-state index contributed by atoms with van der Waals surface area (Å²) in [5.41, 5.74) is 9.67. The fourth-order valence-electron chi connectivity index (χ4n) is 5.00. The molecule has 5 rings (SSSR count). The van der Waals surface area contributed by atoms with Crippen LogP contribution in [0, 0.1) is 13.8 Å². The van der Waals surface area contributed by atoms with Gasteiger partial charge in [-0.15, -0.1) is 11.3 Å². The van der Waals surface area contributed by atoms with E-state index in [1.807, 2.05) is 44.2 Å². The normalized spacial score (nSPS) is 14.0. The van der Waals surface area contributed by atoms with E-state index in [0.29, 0.717) is 16.2 Å². The van der Waals surface area contributed by atoms with Gasteiger partial charge in [0.15, 0.2) is 0 Å². The Kier molecular flexibility index (Phi) is 5.80. The number of anilines is 1. The maximum Gasteiger partial charge on any atom is 0.253 e. The predicted octanol–water partition coefficient (Wildman–Crippen LogP) is 4.04.